The first-order valence-corrected chi connectivity index (χ1v) is 13.5. The largest absolute Gasteiger partial charge is 0.349 e. The Balaban J connectivity index is 1.68. The molecule has 0 aliphatic rings. The van der Waals surface area contributed by atoms with Crippen molar-refractivity contribution in [3.05, 3.63) is 96.2 Å². The van der Waals surface area contributed by atoms with Crippen molar-refractivity contribution in [2.75, 3.05) is 4.90 Å². The molecule has 5 rings (SSSR count). The fraction of sp³-hybridized carbons (Fsp3) is 0.250. The van der Waals surface area contributed by atoms with Crippen LogP contribution in [0.25, 0.3) is 21.9 Å². The fourth-order valence-corrected chi connectivity index (χ4v) is 4.72. The van der Waals surface area contributed by atoms with Crippen molar-refractivity contribution in [1.82, 2.24) is 25.3 Å². The highest BCUT2D eigenvalue weighted by atomic mass is 16.2. The molecule has 0 saturated carbocycles. The van der Waals surface area contributed by atoms with E-state index >= 15 is 0 Å². The summed E-state index contributed by atoms with van der Waals surface area (Å²) in [5.41, 5.74) is 3.07. The standard InChI is InChI=1S/C32H32N6O3/c1-5-32(3,4)34-31(41)30(24-15-16-26-23(18-24)11-9-17-33-26)38(25-12-8-10-22(19-25)21(2)39)29(40)20-37-28-14-7-6-13-27(28)35-36-37/h6-19,30H,5,20H2,1-4H3,(H,34,41). The summed E-state index contributed by atoms with van der Waals surface area (Å²) < 4.78 is 1.52. The van der Waals surface area contributed by atoms with Crippen molar-refractivity contribution in [3.8, 4) is 0 Å². The van der Waals surface area contributed by atoms with Crippen LogP contribution in [0.3, 0.4) is 0 Å². The van der Waals surface area contributed by atoms with Crippen molar-refractivity contribution in [1.29, 1.82) is 0 Å². The van der Waals surface area contributed by atoms with E-state index in [1.54, 1.807) is 30.5 Å². The molecule has 1 unspecified atom stereocenters. The van der Waals surface area contributed by atoms with Crippen molar-refractivity contribution in [2.45, 2.75) is 52.2 Å². The maximum Gasteiger partial charge on any atom is 0.249 e. The Bertz CT molecular complexity index is 1760. The average Bonchev–Trinajstić information content (AvgIpc) is 3.37. The zero-order chi connectivity index (χ0) is 29.1. The number of pyridine rings is 1. The van der Waals surface area contributed by atoms with E-state index in [0.717, 1.165) is 10.9 Å². The first-order chi connectivity index (χ1) is 19.7. The zero-order valence-electron chi connectivity index (χ0n) is 23.5. The number of para-hydroxylation sites is 1. The van der Waals surface area contributed by atoms with Crippen LogP contribution in [-0.4, -0.2) is 43.1 Å². The molecule has 0 aliphatic heterocycles. The monoisotopic (exact) mass is 548 g/mol. The lowest BCUT2D eigenvalue weighted by molar-refractivity contribution is -0.128. The summed E-state index contributed by atoms with van der Waals surface area (Å²) in [6.07, 6.45) is 2.40. The molecule has 5 aromatic rings. The highest BCUT2D eigenvalue weighted by Gasteiger charge is 2.35. The second kappa shape index (κ2) is 11.3. The third-order valence-corrected chi connectivity index (χ3v) is 7.30. The maximum absolute atomic E-state index is 14.3. The van der Waals surface area contributed by atoms with Crippen LogP contribution in [-0.2, 0) is 16.1 Å². The Morgan fingerprint density at radius 3 is 2.54 bits per heavy atom. The van der Waals surface area contributed by atoms with Crippen LogP contribution in [0.2, 0.25) is 0 Å². The third kappa shape index (κ3) is 5.84. The molecule has 0 bridgehead atoms. The molecule has 9 nitrogen and oxygen atoms in total. The number of anilines is 1. The number of fused-ring (bicyclic) bond motifs is 2. The first kappa shape index (κ1) is 27.6. The second-order valence-electron chi connectivity index (χ2n) is 10.7. The van der Waals surface area contributed by atoms with Crippen LogP contribution < -0.4 is 10.2 Å². The predicted molar refractivity (Wildman–Crippen MR) is 158 cm³/mol. The molecule has 41 heavy (non-hydrogen) atoms. The van der Waals surface area contributed by atoms with Crippen molar-refractivity contribution in [3.63, 3.8) is 0 Å². The molecule has 0 saturated heterocycles. The van der Waals surface area contributed by atoms with Crippen molar-refractivity contribution >= 4 is 45.2 Å². The zero-order valence-corrected chi connectivity index (χ0v) is 23.5. The van der Waals surface area contributed by atoms with Crippen LogP contribution in [0, 0.1) is 0 Å². The average molecular weight is 549 g/mol. The van der Waals surface area contributed by atoms with Gasteiger partial charge in [0, 0.05) is 28.4 Å². The van der Waals surface area contributed by atoms with Gasteiger partial charge in [0.1, 0.15) is 18.1 Å². The summed E-state index contributed by atoms with van der Waals surface area (Å²) >= 11 is 0. The predicted octanol–water partition coefficient (Wildman–Crippen LogP) is 5.26. The summed E-state index contributed by atoms with van der Waals surface area (Å²) in [5.74, 6) is -0.876. The number of carbonyl (C=O) groups is 3. The van der Waals surface area contributed by atoms with Gasteiger partial charge >= 0.3 is 0 Å². The molecule has 0 aliphatic carbocycles. The third-order valence-electron chi connectivity index (χ3n) is 7.30. The molecule has 0 spiro atoms. The molecule has 3 aromatic carbocycles. The van der Waals surface area contributed by atoms with Gasteiger partial charge in [0.15, 0.2) is 5.78 Å². The highest BCUT2D eigenvalue weighted by Crippen LogP contribution is 2.32. The van der Waals surface area contributed by atoms with Gasteiger partial charge in [-0.2, -0.15) is 0 Å². The van der Waals surface area contributed by atoms with Gasteiger partial charge in [0.05, 0.1) is 11.0 Å². The molecule has 208 valence electrons. The fourth-order valence-electron chi connectivity index (χ4n) is 4.72. The summed E-state index contributed by atoms with van der Waals surface area (Å²) in [5, 5.41) is 12.4. The molecular formula is C32H32N6O3. The maximum atomic E-state index is 14.3. The topological polar surface area (TPSA) is 110 Å². The molecule has 2 heterocycles. The molecular weight excluding hydrogens is 516 g/mol. The lowest BCUT2D eigenvalue weighted by Crippen LogP contribution is -2.51. The Morgan fingerprint density at radius 2 is 1.76 bits per heavy atom. The van der Waals surface area contributed by atoms with E-state index in [4.69, 9.17) is 0 Å². The van der Waals surface area contributed by atoms with E-state index in [0.29, 0.717) is 34.3 Å². The Labute approximate surface area is 238 Å². The quantitative estimate of drug-likeness (QED) is 0.252. The smallest absolute Gasteiger partial charge is 0.249 e. The van der Waals surface area contributed by atoms with Crippen LogP contribution >= 0.6 is 0 Å². The van der Waals surface area contributed by atoms with E-state index < -0.39 is 11.6 Å². The summed E-state index contributed by atoms with van der Waals surface area (Å²) in [7, 11) is 0. The number of amides is 2. The molecule has 1 atom stereocenters. The van der Waals surface area contributed by atoms with E-state index in [9.17, 15) is 14.4 Å². The lowest BCUT2D eigenvalue weighted by atomic mass is 9.97. The minimum absolute atomic E-state index is 0.147. The van der Waals surface area contributed by atoms with Gasteiger partial charge in [-0.1, -0.05) is 48.5 Å². The van der Waals surface area contributed by atoms with Crippen LogP contribution in [0.1, 0.15) is 56.1 Å². The van der Waals surface area contributed by atoms with Gasteiger partial charge in [-0.3, -0.25) is 24.3 Å². The number of carbonyl (C=O) groups excluding carboxylic acids is 3. The Kier molecular flexibility index (Phi) is 7.61. The van der Waals surface area contributed by atoms with Crippen molar-refractivity contribution in [2.24, 2.45) is 0 Å². The van der Waals surface area contributed by atoms with E-state index in [-0.39, 0.29) is 24.1 Å². The lowest BCUT2D eigenvalue weighted by Gasteiger charge is -2.35. The molecule has 2 amide bonds. The number of hydrogen-bond acceptors (Lipinski definition) is 6. The van der Waals surface area contributed by atoms with E-state index in [1.165, 1.54) is 16.5 Å². The second-order valence-corrected chi connectivity index (χ2v) is 10.7. The Morgan fingerprint density at radius 1 is 0.951 bits per heavy atom. The molecule has 9 heteroatoms. The molecule has 0 radical (unpaired) electrons. The van der Waals surface area contributed by atoms with Gasteiger partial charge in [0.25, 0.3) is 0 Å². The Hall–Kier alpha value is -4.92. The number of nitrogens with zero attached hydrogens (tertiary/aromatic N) is 5. The summed E-state index contributed by atoms with van der Waals surface area (Å²) in [6.45, 7) is 7.18. The number of aromatic nitrogens is 4. The van der Waals surface area contributed by atoms with Crippen LogP contribution in [0.4, 0.5) is 5.69 Å². The van der Waals surface area contributed by atoms with Crippen LogP contribution in [0.5, 0.6) is 0 Å². The van der Waals surface area contributed by atoms with Gasteiger partial charge in [-0.05, 0) is 75.2 Å². The van der Waals surface area contributed by atoms with Crippen molar-refractivity contribution < 1.29 is 14.4 Å². The van der Waals surface area contributed by atoms with Gasteiger partial charge in [-0.15, -0.1) is 5.10 Å². The summed E-state index contributed by atoms with van der Waals surface area (Å²) in [4.78, 5) is 46.7. The molecule has 2 aromatic heterocycles. The normalized spacial score (nSPS) is 12.3. The number of nitrogens with one attached hydrogen (secondary N) is 1. The minimum atomic E-state index is -1.05. The number of Topliss-reactive ketones (excluding diaryl/α,β-unsaturated/α-hetero) is 1. The van der Waals surface area contributed by atoms with Crippen LogP contribution in [0.15, 0.2) is 85.1 Å². The van der Waals surface area contributed by atoms with Gasteiger partial charge < -0.3 is 5.32 Å². The highest BCUT2D eigenvalue weighted by molar-refractivity contribution is 6.03. The van der Waals surface area contributed by atoms with E-state index in [2.05, 4.69) is 20.6 Å². The number of hydrogen-bond donors (Lipinski definition) is 1. The SMILES string of the molecule is CCC(C)(C)NC(=O)C(c1ccc2ncccc2c1)N(C(=O)Cn1nnc2ccccc21)c1cccc(C(C)=O)c1. The molecule has 0 fully saturated rings. The van der Waals surface area contributed by atoms with Gasteiger partial charge in [0.2, 0.25) is 11.8 Å². The summed E-state index contributed by atoms with van der Waals surface area (Å²) in [6, 6.07) is 22.4. The minimum Gasteiger partial charge on any atom is -0.349 e. The number of ketones is 1. The van der Waals surface area contributed by atoms with E-state index in [1.807, 2.05) is 75.4 Å². The number of benzene rings is 3. The number of rotatable bonds is 9. The van der Waals surface area contributed by atoms with Gasteiger partial charge in [-0.25, -0.2) is 4.68 Å². The first-order valence-electron chi connectivity index (χ1n) is 13.5. The molecule has 1 N–H and O–H groups in total.